The van der Waals surface area contributed by atoms with Crippen molar-refractivity contribution in [1.82, 2.24) is 14.7 Å². The first-order chi connectivity index (χ1) is 9.33. The van der Waals surface area contributed by atoms with Crippen LogP contribution in [0.2, 0.25) is 0 Å². The van der Waals surface area contributed by atoms with Gasteiger partial charge in [-0.25, -0.2) is 4.98 Å². The maximum atomic E-state index is 5.28. The van der Waals surface area contributed by atoms with Crippen LogP contribution >= 0.6 is 23.3 Å². The third-order valence-electron chi connectivity index (χ3n) is 2.66. The fraction of sp³-hybridized carbons (Fsp3) is 0.385. The van der Waals surface area contributed by atoms with Crippen LogP contribution in [-0.4, -0.2) is 28.8 Å². The number of hydrogen-bond acceptors (Lipinski definition) is 6. The molecule has 1 unspecified atom stereocenters. The van der Waals surface area contributed by atoms with Gasteiger partial charge in [-0.15, -0.1) is 0 Å². The maximum absolute atomic E-state index is 5.28. The minimum atomic E-state index is 0.286. The number of methoxy groups -OCH3 is 1. The van der Waals surface area contributed by atoms with Crippen LogP contribution in [0, 0.1) is 0 Å². The molecular formula is C13H17N3OS2. The Kier molecular flexibility index (Phi) is 5.62. The third kappa shape index (κ3) is 4.19. The van der Waals surface area contributed by atoms with Gasteiger partial charge >= 0.3 is 0 Å². The topological polar surface area (TPSA) is 47.0 Å². The summed E-state index contributed by atoms with van der Waals surface area (Å²) in [6.07, 6.45) is 1.60. The molecule has 0 fully saturated rings. The molecular weight excluding hydrogens is 278 g/mol. The highest BCUT2D eigenvalue weighted by atomic mass is 32.2. The van der Waals surface area contributed by atoms with E-state index in [0.717, 1.165) is 22.4 Å². The highest BCUT2D eigenvalue weighted by Gasteiger charge is 2.12. The average molecular weight is 295 g/mol. The Morgan fingerprint density at radius 2 is 2.37 bits per heavy atom. The summed E-state index contributed by atoms with van der Waals surface area (Å²) in [4.78, 5) is 4.19. The van der Waals surface area contributed by atoms with Crippen LogP contribution in [0.25, 0.3) is 0 Å². The lowest BCUT2D eigenvalue weighted by molar-refractivity contribution is 0.413. The lowest BCUT2D eigenvalue weighted by Gasteiger charge is -2.18. The second kappa shape index (κ2) is 7.47. The van der Waals surface area contributed by atoms with Crippen molar-refractivity contribution in [2.45, 2.75) is 17.3 Å². The van der Waals surface area contributed by atoms with E-state index in [1.54, 1.807) is 25.2 Å². The Labute approximate surface area is 121 Å². The molecule has 0 spiro atoms. The van der Waals surface area contributed by atoms with Crippen LogP contribution in [-0.2, 0) is 0 Å². The summed E-state index contributed by atoms with van der Waals surface area (Å²) in [5.74, 6) is 1.82. The molecule has 0 aliphatic heterocycles. The highest BCUT2D eigenvalue weighted by molar-refractivity contribution is 8.00. The normalized spacial score (nSPS) is 12.3. The molecule has 6 heteroatoms. The lowest BCUT2D eigenvalue weighted by Crippen LogP contribution is -2.22. The molecule has 0 amide bonds. The number of aromatic nitrogens is 2. The molecule has 1 heterocycles. The summed E-state index contributed by atoms with van der Waals surface area (Å²) in [5, 5.41) is 3.49. The molecule has 1 aromatic heterocycles. The van der Waals surface area contributed by atoms with E-state index in [1.807, 2.05) is 12.1 Å². The first-order valence-electron chi connectivity index (χ1n) is 6.10. The molecule has 2 rings (SSSR count). The fourth-order valence-corrected chi connectivity index (χ4v) is 3.32. The summed E-state index contributed by atoms with van der Waals surface area (Å²) in [6, 6.07) is 8.47. The zero-order valence-corrected chi connectivity index (χ0v) is 12.6. The molecule has 0 saturated heterocycles. The third-order valence-corrected chi connectivity index (χ3v) is 4.55. The first-order valence-corrected chi connectivity index (χ1v) is 7.86. The first kappa shape index (κ1) is 14.3. The Bertz CT molecular complexity index is 490. The van der Waals surface area contributed by atoms with Gasteiger partial charge in [0.1, 0.15) is 12.1 Å². The van der Waals surface area contributed by atoms with E-state index in [9.17, 15) is 0 Å². The number of hydrogen-bond donors (Lipinski definition) is 1. The molecule has 0 bridgehead atoms. The van der Waals surface area contributed by atoms with Gasteiger partial charge in [-0.05, 0) is 35.8 Å². The predicted molar refractivity (Wildman–Crippen MR) is 80.0 cm³/mol. The number of nitrogens with zero attached hydrogens (tertiary/aromatic N) is 2. The van der Waals surface area contributed by atoms with Gasteiger partial charge in [0.25, 0.3) is 0 Å². The van der Waals surface area contributed by atoms with Crippen molar-refractivity contribution in [3.63, 3.8) is 0 Å². The van der Waals surface area contributed by atoms with Crippen LogP contribution in [0.5, 0.6) is 5.75 Å². The largest absolute Gasteiger partial charge is 0.497 e. The van der Waals surface area contributed by atoms with Crippen molar-refractivity contribution in [1.29, 1.82) is 0 Å². The molecule has 4 nitrogen and oxygen atoms in total. The SMILES string of the molecule is CCNC(CSc1ncns1)c1cccc(OC)c1. The number of benzene rings is 1. The van der Waals surface area contributed by atoms with Gasteiger partial charge in [-0.3, -0.25) is 0 Å². The van der Waals surface area contributed by atoms with Gasteiger partial charge in [0.05, 0.1) is 7.11 Å². The molecule has 0 saturated carbocycles. The second-order valence-corrected chi connectivity index (χ2v) is 5.95. The molecule has 0 aliphatic carbocycles. The molecule has 19 heavy (non-hydrogen) atoms. The van der Waals surface area contributed by atoms with Crippen molar-refractivity contribution >= 4 is 23.3 Å². The van der Waals surface area contributed by atoms with Crippen LogP contribution in [0.3, 0.4) is 0 Å². The second-order valence-electron chi connectivity index (χ2n) is 3.91. The molecule has 2 aromatic rings. The molecule has 102 valence electrons. The minimum absolute atomic E-state index is 0.286. The van der Waals surface area contributed by atoms with Crippen LogP contribution in [0.15, 0.2) is 34.9 Å². The van der Waals surface area contributed by atoms with E-state index in [1.165, 1.54) is 17.1 Å². The Morgan fingerprint density at radius 3 is 3.05 bits per heavy atom. The van der Waals surface area contributed by atoms with E-state index in [0.29, 0.717) is 0 Å². The Balaban J connectivity index is 2.05. The summed E-state index contributed by atoms with van der Waals surface area (Å²) in [5.41, 5.74) is 1.23. The number of ether oxygens (including phenoxy) is 1. The zero-order chi connectivity index (χ0) is 13.5. The summed E-state index contributed by atoms with van der Waals surface area (Å²) in [6.45, 7) is 3.04. The quantitative estimate of drug-likeness (QED) is 0.796. The Hall–Kier alpha value is -1.11. The van der Waals surface area contributed by atoms with Crippen LogP contribution in [0.4, 0.5) is 0 Å². The van der Waals surface area contributed by atoms with Gasteiger partial charge < -0.3 is 10.1 Å². The van der Waals surface area contributed by atoms with E-state index < -0.39 is 0 Å². The number of nitrogens with one attached hydrogen (secondary N) is 1. The molecule has 1 atom stereocenters. The highest BCUT2D eigenvalue weighted by Crippen LogP contribution is 2.26. The zero-order valence-electron chi connectivity index (χ0n) is 11.0. The van der Waals surface area contributed by atoms with Gasteiger partial charge in [-0.1, -0.05) is 30.8 Å². The predicted octanol–water partition coefficient (Wildman–Crippen LogP) is 2.99. The molecule has 1 aromatic carbocycles. The van der Waals surface area contributed by atoms with Crippen molar-refractivity contribution in [2.75, 3.05) is 19.4 Å². The van der Waals surface area contributed by atoms with E-state index in [4.69, 9.17) is 4.74 Å². The van der Waals surface area contributed by atoms with E-state index in [-0.39, 0.29) is 6.04 Å². The smallest absolute Gasteiger partial charge is 0.169 e. The van der Waals surface area contributed by atoms with Crippen LogP contribution in [0.1, 0.15) is 18.5 Å². The minimum Gasteiger partial charge on any atom is -0.497 e. The number of rotatable bonds is 7. The summed E-state index contributed by atoms with van der Waals surface area (Å²) in [7, 11) is 1.69. The van der Waals surface area contributed by atoms with Gasteiger partial charge in [0.15, 0.2) is 4.34 Å². The number of thioether (sulfide) groups is 1. The molecule has 0 aliphatic rings. The monoisotopic (exact) mass is 295 g/mol. The van der Waals surface area contributed by atoms with Crippen molar-refractivity contribution in [2.24, 2.45) is 0 Å². The summed E-state index contributed by atoms with van der Waals surface area (Å²) >= 11 is 3.16. The maximum Gasteiger partial charge on any atom is 0.169 e. The van der Waals surface area contributed by atoms with Gasteiger partial charge in [-0.2, -0.15) is 4.37 Å². The van der Waals surface area contributed by atoms with Gasteiger partial charge in [0, 0.05) is 11.8 Å². The van der Waals surface area contributed by atoms with Crippen LogP contribution < -0.4 is 10.1 Å². The Morgan fingerprint density at radius 1 is 1.47 bits per heavy atom. The van der Waals surface area contributed by atoms with Crippen molar-refractivity contribution in [3.8, 4) is 5.75 Å². The summed E-state index contributed by atoms with van der Waals surface area (Å²) < 4.78 is 10.3. The van der Waals surface area contributed by atoms with E-state index >= 15 is 0 Å². The lowest BCUT2D eigenvalue weighted by atomic mass is 10.1. The molecule has 1 N–H and O–H groups in total. The molecule has 0 radical (unpaired) electrons. The van der Waals surface area contributed by atoms with Crippen molar-refractivity contribution < 1.29 is 4.74 Å². The van der Waals surface area contributed by atoms with Gasteiger partial charge in [0.2, 0.25) is 0 Å². The average Bonchev–Trinajstić information content (AvgIpc) is 2.97. The standard InChI is InChI=1S/C13H17N3OS2/c1-3-14-12(8-18-13-15-9-16-19-13)10-5-4-6-11(7-10)17-2/h4-7,9,12,14H,3,8H2,1-2H3. The van der Waals surface area contributed by atoms with Crippen molar-refractivity contribution in [3.05, 3.63) is 36.2 Å². The van der Waals surface area contributed by atoms with E-state index in [2.05, 4.69) is 33.7 Å². The fourth-order valence-electron chi connectivity index (χ4n) is 1.76.